The molecule has 1 aromatic heterocycles. The van der Waals surface area contributed by atoms with Crippen LogP contribution in [0.4, 0.5) is 11.4 Å². The van der Waals surface area contributed by atoms with Gasteiger partial charge in [-0.15, -0.1) is 0 Å². The molecule has 190 valence electrons. The SMILES string of the molecule is CCc1ccccc1NS(=O)(=O)c1ccc2oc3ccc(S(=O)(=O)Nc4ccccc4CC)cc3c2c1. The molecule has 1 heterocycles. The number of furan rings is 1. The van der Waals surface area contributed by atoms with E-state index < -0.39 is 20.0 Å². The minimum absolute atomic E-state index is 0.0527. The highest BCUT2D eigenvalue weighted by Gasteiger charge is 2.21. The number of hydrogen-bond acceptors (Lipinski definition) is 5. The zero-order valence-electron chi connectivity index (χ0n) is 20.4. The lowest BCUT2D eigenvalue weighted by atomic mass is 10.1. The van der Waals surface area contributed by atoms with Crippen molar-refractivity contribution in [2.45, 2.75) is 36.5 Å². The molecular formula is C28H26N2O5S2. The first-order valence-electron chi connectivity index (χ1n) is 11.9. The van der Waals surface area contributed by atoms with Crippen molar-refractivity contribution in [3.05, 3.63) is 96.1 Å². The molecule has 9 heteroatoms. The average Bonchev–Trinajstić information content (AvgIpc) is 3.26. The van der Waals surface area contributed by atoms with Crippen LogP contribution < -0.4 is 9.44 Å². The van der Waals surface area contributed by atoms with Gasteiger partial charge in [0.05, 0.1) is 21.2 Å². The molecule has 0 radical (unpaired) electrons. The first kappa shape index (κ1) is 24.9. The normalized spacial score (nSPS) is 12.2. The molecule has 0 amide bonds. The lowest BCUT2D eigenvalue weighted by Crippen LogP contribution is -2.14. The van der Waals surface area contributed by atoms with Gasteiger partial charge in [0.2, 0.25) is 0 Å². The third-order valence-electron chi connectivity index (χ3n) is 6.32. The highest BCUT2D eigenvalue weighted by Crippen LogP contribution is 2.33. The number of aryl methyl sites for hydroxylation is 2. The zero-order chi connectivity index (χ0) is 26.2. The molecule has 0 spiro atoms. The van der Waals surface area contributed by atoms with E-state index in [1.54, 1.807) is 36.4 Å². The fraction of sp³-hybridized carbons (Fsp3) is 0.143. The fourth-order valence-electron chi connectivity index (χ4n) is 4.33. The van der Waals surface area contributed by atoms with Crippen LogP contribution in [0.3, 0.4) is 0 Å². The molecule has 2 N–H and O–H groups in total. The van der Waals surface area contributed by atoms with Gasteiger partial charge in [-0.3, -0.25) is 9.44 Å². The van der Waals surface area contributed by atoms with Crippen molar-refractivity contribution in [3.8, 4) is 0 Å². The monoisotopic (exact) mass is 534 g/mol. The number of anilines is 2. The van der Waals surface area contributed by atoms with Gasteiger partial charge in [0, 0.05) is 10.8 Å². The van der Waals surface area contributed by atoms with Crippen LogP contribution in [0, 0.1) is 0 Å². The van der Waals surface area contributed by atoms with Gasteiger partial charge in [-0.2, -0.15) is 0 Å². The van der Waals surface area contributed by atoms with E-state index in [0.29, 0.717) is 46.2 Å². The minimum atomic E-state index is -3.89. The minimum Gasteiger partial charge on any atom is -0.456 e. The van der Waals surface area contributed by atoms with Crippen molar-refractivity contribution in [1.82, 2.24) is 0 Å². The average molecular weight is 535 g/mol. The molecule has 0 bridgehead atoms. The number of para-hydroxylation sites is 2. The van der Waals surface area contributed by atoms with Crippen molar-refractivity contribution in [3.63, 3.8) is 0 Å². The van der Waals surface area contributed by atoms with E-state index in [1.165, 1.54) is 24.3 Å². The third kappa shape index (κ3) is 4.80. The summed E-state index contributed by atoms with van der Waals surface area (Å²) in [5, 5.41) is 1.01. The lowest BCUT2D eigenvalue weighted by Gasteiger charge is -2.12. The Kier molecular flexibility index (Phi) is 6.43. The predicted octanol–water partition coefficient (Wildman–Crippen LogP) is 6.31. The van der Waals surface area contributed by atoms with Crippen LogP contribution in [0.25, 0.3) is 21.9 Å². The van der Waals surface area contributed by atoms with Gasteiger partial charge in [-0.1, -0.05) is 50.2 Å². The number of hydrogen-bond donors (Lipinski definition) is 2. The van der Waals surface area contributed by atoms with Crippen molar-refractivity contribution in [2.24, 2.45) is 0 Å². The number of sulfonamides is 2. The smallest absolute Gasteiger partial charge is 0.261 e. The fourth-order valence-corrected chi connectivity index (χ4v) is 6.59. The quantitative estimate of drug-likeness (QED) is 0.243. The van der Waals surface area contributed by atoms with E-state index in [-0.39, 0.29) is 9.79 Å². The van der Waals surface area contributed by atoms with Crippen LogP contribution in [0.5, 0.6) is 0 Å². The Morgan fingerprint density at radius 1 is 0.595 bits per heavy atom. The summed E-state index contributed by atoms with van der Waals surface area (Å²) in [6.45, 7) is 3.91. The van der Waals surface area contributed by atoms with Crippen LogP contribution in [-0.2, 0) is 32.9 Å². The summed E-state index contributed by atoms with van der Waals surface area (Å²) >= 11 is 0. The lowest BCUT2D eigenvalue weighted by molar-refractivity contribution is 0.599. The maximum absolute atomic E-state index is 13.2. The summed E-state index contributed by atoms with van der Waals surface area (Å²) in [7, 11) is -7.79. The Balaban J connectivity index is 1.55. The molecular weight excluding hydrogens is 508 g/mol. The van der Waals surface area contributed by atoms with Gasteiger partial charge < -0.3 is 4.42 Å². The van der Waals surface area contributed by atoms with Gasteiger partial charge in [0.15, 0.2) is 0 Å². The summed E-state index contributed by atoms with van der Waals surface area (Å²) in [6, 6.07) is 23.6. The van der Waals surface area contributed by atoms with Crippen LogP contribution in [0.15, 0.2) is 99.1 Å². The molecule has 0 saturated carbocycles. The Morgan fingerprint density at radius 3 is 1.41 bits per heavy atom. The molecule has 0 fully saturated rings. The Morgan fingerprint density at radius 2 is 1.00 bits per heavy atom. The van der Waals surface area contributed by atoms with Crippen molar-refractivity contribution < 1.29 is 21.3 Å². The second kappa shape index (κ2) is 9.57. The molecule has 5 rings (SSSR count). The summed E-state index contributed by atoms with van der Waals surface area (Å²) < 4.78 is 64.1. The molecule has 5 aromatic rings. The van der Waals surface area contributed by atoms with Gasteiger partial charge in [0.1, 0.15) is 11.2 Å². The van der Waals surface area contributed by atoms with Crippen LogP contribution in [-0.4, -0.2) is 16.8 Å². The van der Waals surface area contributed by atoms with Crippen LogP contribution in [0.1, 0.15) is 25.0 Å². The first-order chi connectivity index (χ1) is 17.7. The van der Waals surface area contributed by atoms with E-state index in [9.17, 15) is 16.8 Å². The van der Waals surface area contributed by atoms with E-state index >= 15 is 0 Å². The predicted molar refractivity (Wildman–Crippen MR) is 147 cm³/mol. The van der Waals surface area contributed by atoms with Crippen LogP contribution in [0.2, 0.25) is 0 Å². The molecule has 0 aliphatic carbocycles. The summed E-state index contributed by atoms with van der Waals surface area (Å²) in [5.41, 5.74) is 3.73. The van der Waals surface area contributed by atoms with E-state index in [4.69, 9.17) is 4.42 Å². The Hall–Kier alpha value is -3.82. The maximum Gasteiger partial charge on any atom is 0.261 e. The molecule has 7 nitrogen and oxygen atoms in total. The zero-order valence-corrected chi connectivity index (χ0v) is 22.0. The molecule has 0 aliphatic heterocycles. The summed E-state index contributed by atoms with van der Waals surface area (Å²) in [5.74, 6) is 0. The molecule has 4 aromatic carbocycles. The number of rotatable bonds is 8. The summed E-state index contributed by atoms with van der Waals surface area (Å²) in [4.78, 5) is 0.105. The van der Waals surface area contributed by atoms with E-state index in [2.05, 4.69) is 9.44 Å². The number of benzene rings is 4. The second-order valence-corrected chi connectivity index (χ2v) is 12.0. The maximum atomic E-state index is 13.2. The molecule has 0 unspecified atom stereocenters. The Bertz CT molecular complexity index is 1710. The van der Waals surface area contributed by atoms with Gasteiger partial charge in [-0.25, -0.2) is 16.8 Å². The Labute approximate surface area is 216 Å². The second-order valence-electron chi connectivity index (χ2n) is 8.65. The standard InChI is InChI=1S/C28H26N2O5S2/c1-3-19-9-5-7-11-25(19)29-36(31,32)21-13-15-27-23(17-21)24-18-22(14-16-28(24)35-27)37(33,34)30-26-12-8-6-10-20(26)4-2/h5-18,29-30H,3-4H2,1-2H3. The van der Waals surface area contributed by atoms with Gasteiger partial charge in [0.25, 0.3) is 20.0 Å². The molecule has 0 aliphatic rings. The van der Waals surface area contributed by atoms with Crippen molar-refractivity contribution in [1.29, 1.82) is 0 Å². The molecule has 0 atom stereocenters. The highest BCUT2D eigenvalue weighted by atomic mass is 32.2. The number of fused-ring (bicyclic) bond motifs is 3. The first-order valence-corrected chi connectivity index (χ1v) is 14.9. The van der Waals surface area contributed by atoms with Gasteiger partial charge in [-0.05, 0) is 72.5 Å². The van der Waals surface area contributed by atoms with E-state index in [1.807, 2.05) is 38.1 Å². The largest absolute Gasteiger partial charge is 0.456 e. The third-order valence-corrected chi connectivity index (χ3v) is 9.04. The highest BCUT2D eigenvalue weighted by molar-refractivity contribution is 7.93. The van der Waals surface area contributed by atoms with Crippen LogP contribution >= 0.6 is 0 Å². The molecule has 0 saturated heterocycles. The topological polar surface area (TPSA) is 105 Å². The van der Waals surface area contributed by atoms with Crippen molar-refractivity contribution in [2.75, 3.05) is 9.44 Å². The molecule has 37 heavy (non-hydrogen) atoms. The number of nitrogens with one attached hydrogen (secondary N) is 2. The van der Waals surface area contributed by atoms with Gasteiger partial charge >= 0.3 is 0 Å². The van der Waals surface area contributed by atoms with E-state index in [0.717, 1.165) is 11.1 Å². The van der Waals surface area contributed by atoms with Crippen molar-refractivity contribution >= 4 is 53.4 Å². The summed E-state index contributed by atoms with van der Waals surface area (Å²) in [6.07, 6.45) is 1.36.